The Morgan fingerprint density at radius 1 is 1.17 bits per heavy atom. The quantitative estimate of drug-likeness (QED) is 0.906. The third-order valence-corrected chi connectivity index (χ3v) is 6.35. The predicted octanol–water partition coefficient (Wildman–Crippen LogP) is 3.67. The summed E-state index contributed by atoms with van der Waals surface area (Å²) in [5.74, 6) is 0. The van der Waals surface area contributed by atoms with Gasteiger partial charge < -0.3 is 5.32 Å². The third kappa shape index (κ3) is 2.06. The second kappa shape index (κ2) is 4.51. The first kappa shape index (κ1) is 11.3. The Morgan fingerprint density at radius 2 is 1.94 bits per heavy atom. The van der Waals surface area contributed by atoms with Crippen molar-refractivity contribution in [1.29, 1.82) is 0 Å². The fourth-order valence-electron chi connectivity index (χ4n) is 3.15. The van der Waals surface area contributed by atoms with Gasteiger partial charge in [-0.2, -0.15) is 0 Å². The summed E-state index contributed by atoms with van der Waals surface area (Å²) in [6.07, 6.45) is 5.39. The molecule has 0 saturated carbocycles. The van der Waals surface area contributed by atoms with Crippen molar-refractivity contribution in [1.82, 2.24) is 10.3 Å². The lowest BCUT2D eigenvalue weighted by Gasteiger charge is -2.27. The molecule has 4 rings (SSSR count). The molecule has 0 radical (unpaired) electrons. The predicted molar refractivity (Wildman–Crippen MR) is 78.4 cm³/mol. The summed E-state index contributed by atoms with van der Waals surface area (Å²) in [5.41, 5.74) is 1.15. The molecule has 2 bridgehead atoms. The van der Waals surface area contributed by atoms with Gasteiger partial charge in [-0.05, 0) is 37.8 Å². The molecule has 4 heteroatoms. The molecule has 2 aromatic rings. The van der Waals surface area contributed by atoms with E-state index in [1.165, 1.54) is 34.7 Å². The maximum absolute atomic E-state index is 4.74. The number of hydrogen-bond donors (Lipinski definition) is 1. The van der Waals surface area contributed by atoms with Gasteiger partial charge in [0.15, 0.2) is 4.34 Å². The summed E-state index contributed by atoms with van der Waals surface area (Å²) in [6, 6.07) is 10.00. The molecule has 0 spiro atoms. The molecule has 2 aliphatic rings. The maximum Gasteiger partial charge on any atom is 0.151 e. The van der Waals surface area contributed by atoms with Crippen LogP contribution in [0.15, 0.2) is 28.6 Å². The Balaban J connectivity index is 1.54. The number of aromatic nitrogens is 1. The number of piperidine rings is 1. The van der Waals surface area contributed by atoms with E-state index < -0.39 is 0 Å². The van der Waals surface area contributed by atoms with E-state index in [1.807, 2.05) is 23.1 Å². The van der Waals surface area contributed by atoms with E-state index in [-0.39, 0.29) is 0 Å². The minimum atomic E-state index is 0.768. The fourth-order valence-corrected chi connectivity index (χ4v) is 5.81. The Bertz CT molecular complexity index is 521. The average molecular weight is 276 g/mol. The maximum atomic E-state index is 4.74. The zero-order valence-corrected chi connectivity index (χ0v) is 11.8. The van der Waals surface area contributed by atoms with Crippen LogP contribution in [0.25, 0.3) is 10.2 Å². The third-order valence-electron chi connectivity index (χ3n) is 3.97. The molecule has 1 N–H and O–H groups in total. The monoisotopic (exact) mass is 276 g/mol. The lowest BCUT2D eigenvalue weighted by Crippen LogP contribution is -2.39. The Labute approximate surface area is 115 Å². The van der Waals surface area contributed by atoms with Crippen LogP contribution in [0.3, 0.4) is 0 Å². The van der Waals surface area contributed by atoms with Crippen molar-refractivity contribution in [2.24, 2.45) is 0 Å². The van der Waals surface area contributed by atoms with Crippen molar-refractivity contribution < 1.29 is 0 Å². The number of thiazole rings is 1. The number of nitrogens with one attached hydrogen (secondary N) is 1. The van der Waals surface area contributed by atoms with Crippen LogP contribution in [0.4, 0.5) is 0 Å². The summed E-state index contributed by atoms with van der Waals surface area (Å²) in [5, 5.41) is 4.47. The Morgan fingerprint density at radius 3 is 2.72 bits per heavy atom. The minimum absolute atomic E-state index is 0.768. The molecule has 2 fully saturated rings. The van der Waals surface area contributed by atoms with Crippen molar-refractivity contribution in [3.63, 3.8) is 0 Å². The van der Waals surface area contributed by atoms with E-state index in [0.717, 1.165) is 22.9 Å². The van der Waals surface area contributed by atoms with Crippen LogP contribution in [-0.2, 0) is 0 Å². The van der Waals surface area contributed by atoms with Crippen molar-refractivity contribution >= 4 is 33.3 Å². The molecule has 3 heterocycles. The second-order valence-electron chi connectivity index (χ2n) is 5.30. The number of benzene rings is 1. The van der Waals surface area contributed by atoms with E-state index in [9.17, 15) is 0 Å². The zero-order valence-electron chi connectivity index (χ0n) is 10.1. The molecule has 94 valence electrons. The molecule has 0 aliphatic carbocycles. The SMILES string of the molecule is c1ccc2sc(SC3CC4CCC(C3)N4)nc2c1. The van der Waals surface area contributed by atoms with Crippen LogP contribution >= 0.6 is 23.1 Å². The van der Waals surface area contributed by atoms with E-state index in [1.54, 1.807) is 0 Å². The molecule has 0 amide bonds. The van der Waals surface area contributed by atoms with Crippen LogP contribution in [0, 0.1) is 0 Å². The number of para-hydroxylation sites is 1. The average Bonchev–Trinajstić information content (AvgIpc) is 2.92. The summed E-state index contributed by atoms with van der Waals surface area (Å²) in [4.78, 5) is 4.74. The number of fused-ring (bicyclic) bond motifs is 3. The van der Waals surface area contributed by atoms with Crippen molar-refractivity contribution in [2.75, 3.05) is 0 Å². The van der Waals surface area contributed by atoms with Gasteiger partial charge in [0, 0.05) is 17.3 Å². The lowest BCUT2D eigenvalue weighted by molar-refractivity contribution is 0.415. The fraction of sp³-hybridized carbons (Fsp3) is 0.500. The summed E-state index contributed by atoms with van der Waals surface area (Å²) in [7, 11) is 0. The van der Waals surface area contributed by atoms with Crippen LogP contribution in [0.5, 0.6) is 0 Å². The van der Waals surface area contributed by atoms with Crippen molar-refractivity contribution in [3.8, 4) is 0 Å². The normalized spacial score (nSPS) is 31.0. The van der Waals surface area contributed by atoms with Gasteiger partial charge in [0.25, 0.3) is 0 Å². The highest BCUT2D eigenvalue weighted by molar-refractivity contribution is 8.01. The van der Waals surface area contributed by atoms with E-state index in [0.29, 0.717) is 0 Å². The molecule has 1 aromatic carbocycles. The summed E-state index contributed by atoms with van der Waals surface area (Å²) >= 11 is 3.85. The molecule has 2 nitrogen and oxygen atoms in total. The standard InChI is InChI=1S/C14H16N2S2/c1-2-4-13-12(3-1)16-14(18-13)17-11-7-9-5-6-10(8-11)15-9/h1-4,9-11,15H,5-8H2. The number of rotatable bonds is 2. The van der Waals surface area contributed by atoms with E-state index in [2.05, 4.69) is 29.6 Å². The molecule has 2 aliphatic heterocycles. The first-order chi connectivity index (χ1) is 8.87. The summed E-state index contributed by atoms with van der Waals surface area (Å²) < 4.78 is 2.57. The molecule has 1 aromatic heterocycles. The van der Waals surface area contributed by atoms with Crippen LogP contribution < -0.4 is 5.32 Å². The number of hydrogen-bond acceptors (Lipinski definition) is 4. The zero-order chi connectivity index (χ0) is 11.9. The van der Waals surface area contributed by atoms with Gasteiger partial charge in [0.1, 0.15) is 0 Å². The molecular weight excluding hydrogens is 260 g/mol. The second-order valence-corrected chi connectivity index (χ2v) is 7.87. The molecule has 2 unspecified atom stereocenters. The highest BCUT2D eigenvalue weighted by Crippen LogP contribution is 2.39. The van der Waals surface area contributed by atoms with E-state index >= 15 is 0 Å². The highest BCUT2D eigenvalue weighted by atomic mass is 32.2. The van der Waals surface area contributed by atoms with Gasteiger partial charge in [-0.15, -0.1) is 11.3 Å². The minimum Gasteiger partial charge on any atom is -0.311 e. The molecule has 18 heavy (non-hydrogen) atoms. The first-order valence-electron chi connectivity index (χ1n) is 6.65. The van der Waals surface area contributed by atoms with Gasteiger partial charge in [-0.3, -0.25) is 0 Å². The lowest BCUT2D eigenvalue weighted by atomic mass is 10.1. The molecular formula is C14H16N2S2. The largest absolute Gasteiger partial charge is 0.311 e. The Kier molecular flexibility index (Phi) is 2.82. The topological polar surface area (TPSA) is 24.9 Å². The van der Waals surface area contributed by atoms with Crippen molar-refractivity contribution in [3.05, 3.63) is 24.3 Å². The van der Waals surface area contributed by atoms with Gasteiger partial charge in [-0.25, -0.2) is 4.98 Å². The van der Waals surface area contributed by atoms with Gasteiger partial charge in [0.2, 0.25) is 0 Å². The van der Waals surface area contributed by atoms with Crippen molar-refractivity contribution in [2.45, 2.75) is 47.4 Å². The smallest absolute Gasteiger partial charge is 0.151 e. The highest BCUT2D eigenvalue weighted by Gasteiger charge is 2.34. The number of thioether (sulfide) groups is 1. The number of nitrogens with zero attached hydrogens (tertiary/aromatic N) is 1. The summed E-state index contributed by atoms with van der Waals surface area (Å²) in [6.45, 7) is 0. The Hall–Kier alpha value is -0.580. The van der Waals surface area contributed by atoms with Crippen LogP contribution in [-0.4, -0.2) is 22.3 Å². The molecule has 2 atom stereocenters. The van der Waals surface area contributed by atoms with Gasteiger partial charge in [-0.1, -0.05) is 23.9 Å². The first-order valence-corrected chi connectivity index (χ1v) is 8.35. The van der Waals surface area contributed by atoms with Gasteiger partial charge >= 0.3 is 0 Å². The van der Waals surface area contributed by atoms with E-state index in [4.69, 9.17) is 4.98 Å². The molecule has 2 saturated heterocycles. The van der Waals surface area contributed by atoms with Crippen LogP contribution in [0.2, 0.25) is 0 Å². The van der Waals surface area contributed by atoms with Gasteiger partial charge in [0.05, 0.1) is 10.2 Å². The van der Waals surface area contributed by atoms with Crippen LogP contribution in [0.1, 0.15) is 25.7 Å².